The van der Waals surface area contributed by atoms with E-state index in [2.05, 4.69) is 0 Å². The average Bonchev–Trinajstić information content (AvgIpc) is 2.41. The highest BCUT2D eigenvalue weighted by Gasteiger charge is 2.11. The lowest BCUT2D eigenvalue weighted by molar-refractivity contribution is 0.0693. The highest BCUT2D eigenvalue weighted by atomic mass is 35.5. The van der Waals surface area contributed by atoms with Crippen molar-refractivity contribution in [3.05, 3.63) is 53.6 Å². The fourth-order valence-corrected chi connectivity index (χ4v) is 2.75. The van der Waals surface area contributed by atoms with E-state index in [0.29, 0.717) is 16.5 Å². The predicted molar refractivity (Wildman–Crippen MR) is 77.9 cm³/mol. The first-order chi connectivity index (χ1) is 9.11. The summed E-state index contributed by atoms with van der Waals surface area (Å²) < 4.78 is 0. The largest absolute Gasteiger partial charge is 0.478 e. The lowest BCUT2D eigenvalue weighted by atomic mass is 10.2. The van der Waals surface area contributed by atoms with Crippen LogP contribution >= 0.6 is 23.4 Å². The summed E-state index contributed by atoms with van der Waals surface area (Å²) >= 11 is 7.08. The minimum absolute atomic E-state index is 0.272. The number of carbonyl (C=O) groups is 1. The molecule has 5 heteroatoms. The van der Waals surface area contributed by atoms with E-state index in [1.807, 2.05) is 12.1 Å². The second-order valence-electron chi connectivity index (χ2n) is 3.91. The first kappa shape index (κ1) is 13.8. The van der Waals surface area contributed by atoms with E-state index in [1.54, 1.807) is 30.3 Å². The number of rotatable bonds is 4. The Bertz CT molecular complexity index is 616. The molecule has 0 heterocycles. The highest BCUT2D eigenvalue weighted by molar-refractivity contribution is 7.99. The molecule has 0 aliphatic carbocycles. The number of anilines is 1. The van der Waals surface area contributed by atoms with Gasteiger partial charge in [-0.15, -0.1) is 11.6 Å². The molecule has 3 nitrogen and oxygen atoms in total. The van der Waals surface area contributed by atoms with Crippen LogP contribution in [0.4, 0.5) is 5.69 Å². The number of nitrogens with two attached hydrogens (primary N) is 1. The van der Waals surface area contributed by atoms with Crippen LogP contribution in [-0.4, -0.2) is 11.1 Å². The predicted octanol–water partition coefficient (Wildman–Crippen LogP) is 3.86. The summed E-state index contributed by atoms with van der Waals surface area (Å²) in [5.41, 5.74) is 7.76. The number of hydrogen-bond acceptors (Lipinski definition) is 3. The normalized spacial score (nSPS) is 10.4. The van der Waals surface area contributed by atoms with Crippen LogP contribution in [0.1, 0.15) is 15.9 Å². The lowest BCUT2D eigenvalue weighted by Gasteiger charge is -2.09. The second kappa shape index (κ2) is 5.99. The number of carboxylic acids is 1. The van der Waals surface area contributed by atoms with Gasteiger partial charge in [0.05, 0.1) is 5.56 Å². The molecular formula is C14H12ClNO2S. The zero-order chi connectivity index (χ0) is 13.8. The Morgan fingerprint density at radius 3 is 2.58 bits per heavy atom. The van der Waals surface area contributed by atoms with Gasteiger partial charge >= 0.3 is 5.97 Å². The van der Waals surface area contributed by atoms with Crippen LogP contribution in [0.3, 0.4) is 0 Å². The maximum absolute atomic E-state index is 11.1. The molecule has 0 saturated heterocycles. The van der Waals surface area contributed by atoms with Gasteiger partial charge < -0.3 is 10.8 Å². The van der Waals surface area contributed by atoms with Crippen molar-refractivity contribution in [1.82, 2.24) is 0 Å². The summed E-state index contributed by atoms with van der Waals surface area (Å²) in [6.45, 7) is 0. The van der Waals surface area contributed by atoms with Crippen molar-refractivity contribution in [2.24, 2.45) is 0 Å². The van der Waals surface area contributed by atoms with E-state index >= 15 is 0 Å². The molecule has 2 rings (SSSR count). The van der Waals surface area contributed by atoms with E-state index in [9.17, 15) is 4.79 Å². The first-order valence-electron chi connectivity index (χ1n) is 5.56. The SMILES string of the molecule is Nc1cc(CCl)ccc1Sc1ccccc1C(=O)O. The maximum atomic E-state index is 11.1. The second-order valence-corrected chi connectivity index (χ2v) is 5.26. The Morgan fingerprint density at radius 1 is 1.21 bits per heavy atom. The molecule has 0 radical (unpaired) electrons. The van der Waals surface area contributed by atoms with Gasteiger partial charge in [0.25, 0.3) is 0 Å². The van der Waals surface area contributed by atoms with Crippen LogP contribution in [0.25, 0.3) is 0 Å². The maximum Gasteiger partial charge on any atom is 0.336 e. The van der Waals surface area contributed by atoms with Gasteiger partial charge in [-0.3, -0.25) is 0 Å². The Labute approximate surface area is 120 Å². The molecule has 2 aromatic carbocycles. The van der Waals surface area contributed by atoms with Crippen molar-refractivity contribution in [1.29, 1.82) is 0 Å². The van der Waals surface area contributed by atoms with Crippen LogP contribution in [0, 0.1) is 0 Å². The van der Waals surface area contributed by atoms with Gasteiger partial charge in [-0.1, -0.05) is 30.0 Å². The van der Waals surface area contributed by atoms with E-state index in [0.717, 1.165) is 10.5 Å². The quantitative estimate of drug-likeness (QED) is 0.664. The van der Waals surface area contributed by atoms with Crippen LogP contribution in [0.5, 0.6) is 0 Å². The summed E-state index contributed by atoms with van der Waals surface area (Å²) in [5.74, 6) is -0.542. The van der Waals surface area contributed by atoms with Gasteiger partial charge in [0.15, 0.2) is 0 Å². The summed E-state index contributed by atoms with van der Waals surface area (Å²) in [6.07, 6.45) is 0. The summed E-state index contributed by atoms with van der Waals surface area (Å²) in [4.78, 5) is 12.6. The highest BCUT2D eigenvalue weighted by Crippen LogP contribution is 2.34. The third-order valence-electron chi connectivity index (χ3n) is 2.57. The van der Waals surface area contributed by atoms with E-state index in [4.69, 9.17) is 22.4 Å². The first-order valence-corrected chi connectivity index (χ1v) is 6.91. The van der Waals surface area contributed by atoms with Gasteiger partial charge in [0.2, 0.25) is 0 Å². The standard InChI is InChI=1S/C14H12ClNO2S/c15-8-9-5-6-13(11(16)7-9)19-12-4-2-1-3-10(12)14(17)18/h1-7H,8,16H2,(H,17,18). The molecule has 0 unspecified atom stereocenters. The Morgan fingerprint density at radius 2 is 1.95 bits per heavy atom. The third kappa shape index (κ3) is 3.22. The summed E-state index contributed by atoms with van der Waals surface area (Å²) in [6, 6.07) is 12.4. The summed E-state index contributed by atoms with van der Waals surface area (Å²) in [7, 11) is 0. The molecular weight excluding hydrogens is 282 g/mol. The molecule has 0 spiro atoms. The number of nitrogen functional groups attached to an aromatic ring is 1. The molecule has 0 atom stereocenters. The van der Waals surface area contributed by atoms with Crippen molar-refractivity contribution >= 4 is 35.0 Å². The van der Waals surface area contributed by atoms with Crippen molar-refractivity contribution in [3.8, 4) is 0 Å². The molecule has 98 valence electrons. The summed E-state index contributed by atoms with van der Waals surface area (Å²) in [5, 5.41) is 9.13. The van der Waals surface area contributed by atoms with E-state index in [1.165, 1.54) is 11.8 Å². The minimum atomic E-state index is -0.945. The van der Waals surface area contributed by atoms with Gasteiger partial charge in [-0.2, -0.15) is 0 Å². The van der Waals surface area contributed by atoms with Gasteiger partial charge in [0.1, 0.15) is 0 Å². The molecule has 0 aliphatic rings. The topological polar surface area (TPSA) is 63.3 Å². The van der Waals surface area contributed by atoms with E-state index < -0.39 is 5.97 Å². The Balaban J connectivity index is 2.34. The molecule has 0 aromatic heterocycles. The van der Waals surface area contributed by atoms with Crippen LogP contribution < -0.4 is 5.73 Å². The monoisotopic (exact) mass is 293 g/mol. The Hall–Kier alpha value is -1.65. The van der Waals surface area contributed by atoms with Crippen LogP contribution in [-0.2, 0) is 5.88 Å². The van der Waals surface area contributed by atoms with E-state index in [-0.39, 0.29) is 5.56 Å². The number of carboxylic acid groups (broad SMARTS) is 1. The molecule has 19 heavy (non-hydrogen) atoms. The molecule has 0 aliphatic heterocycles. The zero-order valence-corrected chi connectivity index (χ0v) is 11.5. The van der Waals surface area contributed by atoms with Gasteiger partial charge in [-0.25, -0.2) is 4.79 Å². The molecule has 3 N–H and O–H groups in total. The number of hydrogen-bond donors (Lipinski definition) is 2. The smallest absolute Gasteiger partial charge is 0.336 e. The van der Waals surface area contributed by atoms with Crippen molar-refractivity contribution in [3.63, 3.8) is 0 Å². The number of alkyl halides is 1. The Kier molecular flexibility index (Phi) is 4.35. The minimum Gasteiger partial charge on any atom is -0.478 e. The van der Waals surface area contributed by atoms with Crippen molar-refractivity contribution < 1.29 is 9.90 Å². The molecule has 0 amide bonds. The zero-order valence-electron chi connectivity index (χ0n) is 9.97. The molecule has 0 bridgehead atoms. The number of benzene rings is 2. The van der Waals surface area contributed by atoms with Gasteiger partial charge in [-0.05, 0) is 29.8 Å². The van der Waals surface area contributed by atoms with Gasteiger partial charge in [0, 0.05) is 21.4 Å². The fraction of sp³-hybridized carbons (Fsp3) is 0.0714. The molecule has 0 saturated carbocycles. The average molecular weight is 294 g/mol. The fourth-order valence-electron chi connectivity index (χ4n) is 1.62. The lowest BCUT2D eigenvalue weighted by Crippen LogP contribution is -1.98. The van der Waals surface area contributed by atoms with Crippen molar-refractivity contribution in [2.45, 2.75) is 15.7 Å². The number of halogens is 1. The number of aromatic carboxylic acids is 1. The van der Waals surface area contributed by atoms with Crippen LogP contribution in [0.15, 0.2) is 52.3 Å². The van der Waals surface area contributed by atoms with Crippen molar-refractivity contribution in [2.75, 3.05) is 5.73 Å². The van der Waals surface area contributed by atoms with Crippen LogP contribution in [0.2, 0.25) is 0 Å². The molecule has 2 aromatic rings. The molecule has 0 fully saturated rings. The third-order valence-corrected chi connectivity index (χ3v) is 4.04.